The van der Waals surface area contributed by atoms with Gasteiger partial charge in [-0.1, -0.05) is 59.7 Å². The number of rotatable bonds is 30. The number of benzene rings is 1. The molecule has 26 nitrogen and oxygen atoms in total. The number of amides is 9. The fourth-order valence-electron chi connectivity index (χ4n) is 9.06. The van der Waals surface area contributed by atoms with E-state index in [1.165, 1.54) is 31.3 Å². The minimum absolute atomic E-state index is 0.0161. The van der Waals surface area contributed by atoms with Crippen LogP contribution in [0.15, 0.2) is 43.0 Å². The summed E-state index contributed by atoms with van der Waals surface area (Å²) in [5.74, 6) is -9.66. The second kappa shape index (κ2) is 29.3. The summed E-state index contributed by atoms with van der Waals surface area (Å²) in [4.78, 5) is 147. The zero-order chi connectivity index (χ0) is 58.1. The van der Waals surface area contributed by atoms with Crippen molar-refractivity contribution in [3.8, 4) is 0 Å². The summed E-state index contributed by atoms with van der Waals surface area (Å²) in [5.41, 5.74) is 13.1. The minimum atomic E-state index is -1.73. The molecule has 0 saturated carbocycles. The predicted octanol–water partition coefficient (Wildman–Crippen LogP) is -1.75. The van der Waals surface area contributed by atoms with Crippen LogP contribution in [0.2, 0.25) is 0 Å². The Morgan fingerprint density at radius 1 is 0.679 bits per heavy atom. The van der Waals surface area contributed by atoms with Crippen LogP contribution >= 0.6 is 0 Å². The van der Waals surface area contributed by atoms with Crippen molar-refractivity contribution < 1.29 is 63.3 Å². The number of H-pyrrole nitrogens is 2. The zero-order valence-electron chi connectivity index (χ0n) is 45.5. The number of para-hydroxylation sites is 1. The lowest BCUT2D eigenvalue weighted by molar-refractivity contribution is -0.146. The van der Waals surface area contributed by atoms with Crippen molar-refractivity contribution in [2.45, 2.75) is 173 Å². The number of aromatic amines is 2. The van der Waals surface area contributed by atoms with E-state index in [2.05, 4.69) is 52.2 Å². The van der Waals surface area contributed by atoms with Gasteiger partial charge in [0.2, 0.25) is 53.2 Å². The Morgan fingerprint density at radius 2 is 1.24 bits per heavy atom. The van der Waals surface area contributed by atoms with Gasteiger partial charge in [0.05, 0.1) is 24.6 Å². The number of likely N-dealkylation sites (tertiary alicyclic amines) is 1. The van der Waals surface area contributed by atoms with Gasteiger partial charge < -0.3 is 78.9 Å². The molecule has 430 valence electrons. The normalized spacial score (nSPS) is 17.4. The molecule has 3 aromatic rings. The van der Waals surface area contributed by atoms with E-state index in [-0.39, 0.29) is 56.9 Å². The number of carboxylic acid groups (broad SMARTS) is 1. The summed E-state index contributed by atoms with van der Waals surface area (Å²) < 4.78 is 0. The van der Waals surface area contributed by atoms with Gasteiger partial charge in [0, 0.05) is 54.8 Å². The number of carboxylic acids is 1. The van der Waals surface area contributed by atoms with Crippen LogP contribution in [0, 0.1) is 17.8 Å². The minimum Gasteiger partial charge on any atom is -0.480 e. The number of fused-ring (bicyclic) bond motifs is 1. The lowest BCUT2D eigenvalue weighted by atomic mass is 10.00. The molecule has 0 spiro atoms. The predicted molar refractivity (Wildman–Crippen MR) is 284 cm³/mol. The van der Waals surface area contributed by atoms with Crippen LogP contribution in [-0.4, -0.2) is 167 Å². The van der Waals surface area contributed by atoms with Gasteiger partial charge in [0.25, 0.3) is 0 Å². The van der Waals surface area contributed by atoms with E-state index >= 15 is 0 Å². The van der Waals surface area contributed by atoms with Gasteiger partial charge in [-0.25, -0.2) is 9.78 Å². The standard InChI is InChI=1S/C52H79N13O13/c1-25(2)18-33(53)44(69)58-35(15-16-40(54)68)45(70)59-36(19-26(3)4)46(71)63-42(28(7)66)50(75)61-38(21-31-23-55-24-57-31)48(73)62-41(27(5)6)51(76)65-17-11-14-39(65)49(74)60-37(47(72)64-43(29(8)67)52(77)78)20-30-22-56-34-13-10-9-12-32(30)34/h9-10,12-13,22-29,33,35-39,41-43,56,66-67H,11,14-21,53H2,1-8H3,(H2,54,68)(H,55,57)(H,58,69)(H,59,70)(H,60,74)(H,61,75)(H,62,73)(H,63,71)(H,64,72)(H,77,78)/t28-,29-,33+,35+,36+,37+,38+,39+,41+,42+,43+/m1/s1. The van der Waals surface area contributed by atoms with Crippen molar-refractivity contribution in [3.63, 3.8) is 0 Å². The van der Waals surface area contributed by atoms with Crippen LogP contribution in [0.1, 0.15) is 105 Å². The summed E-state index contributed by atoms with van der Waals surface area (Å²) in [6, 6.07) is -5.17. The van der Waals surface area contributed by atoms with Crippen LogP contribution in [0.5, 0.6) is 0 Å². The first-order chi connectivity index (χ1) is 36.7. The van der Waals surface area contributed by atoms with E-state index in [0.29, 0.717) is 24.1 Å². The maximum Gasteiger partial charge on any atom is 0.328 e. The molecule has 9 amide bonds. The van der Waals surface area contributed by atoms with Gasteiger partial charge in [-0.3, -0.25) is 43.2 Å². The highest BCUT2D eigenvalue weighted by Crippen LogP contribution is 2.23. The molecule has 16 N–H and O–H groups in total. The Bertz CT molecular complexity index is 2570. The second-order valence-corrected chi connectivity index (χ2v) is 21.2. The number of primary amides is 1. The summed E-state index contributed by atoms with van der Waals surface area (Å²) in [6.07, 6.45) is 1.30. The third-order valence-corrected chi connectivity index (χ3v) is 13.2. The number of aliphatic hydroxyl groups excluding tert-OH is 2. The van der Waals surface area contributed by atoms with Crippen molar-refractivity contribution in [1.82, 2.24) is 57.1 Å². The van der Waals surface area contributed by atoms with Crippen molar-refractivity contribution in [2.24, 2.45) is 29.2 Å². The Labute approximate surface area is 452 Å². The molecule has 2 aromatic heterocycles. The first-order valence-electron chi connectivity index (χ1n) is 26.3. The number of aromatic nitrogens is 3. The monoisotopic (exact) mass is 1090 g/mol. The molecule has 3 heterocycles. The third kappa shape index (κ3) is 18.4. The first-order valence-corrected chi connectivity index (χ1v) is 26.3. The second-order valence-electron chi connectivity index (χ2n) is 21.2. The molecule has 26 heteroatoms. The van der Waals surface area contributed by atoms with E-state index in [1.54, 1.807) is 52.1 Å². The fourth-order valence-corrected chi connectivity index (χ4v) is 9.06. The number of aliphatic hydroxyl groups is 2. The number of hydrogen-bond donors (Lipinski definition) is 14. The van der Waals surface area contributed by atoms with Gasteiger partial charge >= 0.3 is 5.97 Å². The van der Waals surface area contributed by atoms with Crippen LogP contribution in [0.4, 0.5) is 0 Å². The molecular weight excluding hydrogens is 1010 g/mol. The zero-order valence-corrected chi connectivity index (χ0v) is 45.5. The topological polar surface area (TPSA) is 415 Å². The van der Waals surface area contributed by atoms with E-state index in [1.807, 2.05) is 19.9 Å². The number of nitrogens with two attached hydrogens (primary N) is 2. The van der Waals surface area contributed by atoms with E-state index in [9.17, 15) is 63.3 Å². The average Bonchev–Trinajstić information content (AvgIpc) is 4.16. The number of nitrogens with one attached hydrogen (secondary N) is 9. The summed E-state index contributed by atoms with van der Waals surface area (Å²) in [6.45, 7) is 13.0. The maximum absolute atomic E-state index is 14.6. The van der Waals surface area contributed by atoms with Gasteiger partial charge in [-0.2, -0.15) is 0 Å². The number of carbonyl (C=O) groups excluding carboxylic acids is 9. The van der Waals surface area contributed by atoms with Gasteiger partial charge in [-0.05, 0) is 75.3 Å². The summed E-state index contributed by atoms with van der Waals surface area (Å²) in [7, 11) is 0. The van der Waals surface area contributed by atoms with Crippen molar-refractivity contribution >= 4 is 70.0 Å². The highest BCUT2D eigenvalue weighted by Gasteiger charge is 2.42. The highest BCUT2D eigenvalue weighted by atomic mass is 16.4. The Kier molecular flexibility index (Phi) is 23.7. The molecule has 0 bridgehead atoms. The van der Waals surface area contributed by atoms with E-state index in [4.69, 9.17) is 11.5 Å². The molecule has 1 fully saturated rings. The van der Waals surface area contributed by atoms with Gasteiger partial charge in [0.1, 0.15) is 42.3 Å². The molecule has 78 heavy (non-hydrogen) atoms. The fraction of sp³-hybridized carbons (Fsp3) is 0.596. The number of hydrogen-bond acceptors (Lipinski definition) is 14. The number of carbonyl (C=O) groups is 10. The molecule has 1 aliphatic rings. The number of imidazole rings is 1. The smallest absolute Gasteiger partial charge is 0.328 e. The molecule has 0 unspecified atom stereocenters. The maximum atomic E-state index is 14.6. The van der Waals surface area contributed by atoms with Crippen molar-refractivity contribution in [2.75, 3.05) is 6.54 Å². The molecule has 0 radical (unpaired) electrons. The average molecular weight is 1090 g/mol. The Balaban J connectivity index is 1.55. The quantitative estimate of drug-likeness (QED) is 0.0352. The molecule has 1 aromatic carbocycles. The Morgan fingerprint density at radius 3 is 1.82 bits per heavy atom. The van der Waals surface area contributed by atoms with Crippen LogP contribution in [0.25, 0.3) is 10.9 Å². The van der Waals surface area contributed by atoms with E-state index in [0.717, 1.165) is 10.9 Å². The van der Waals surface area contributed by atoms with Crippen LogP contribution < -0.4 is 48.7 Å². The van der Waals surface area contributed by atoms with E-state index < -0.39 is 132 Å². The van der Waals surface area contributed by atoms with Crippen LogP contribution in [-0.2, 0) is 60.8 Å². The van der Waals surface area contributed by atoms with Crippen LogP contribution in [0.3, 0.4) is 0 Å². The molecule has 11 atom stereocenters. The molecule has 1 aliphatic heterocycles. The lowest BCUT2D eigenvalue weighted by Gasteiger charge is -2.32. The highest BCUT2D eigenvalue weighted by molar-refractivity contribution is 5.99. The summed E-state index contributed by atoms with van der Waals surface area (Å²) >= 11 is 0. The lowest BCUT2D eigenvalue weighted by Crippen LogP contribution is -2.62. The molecule has 4 rings (SSSR count). The number of nitrogens with zero attached hydrogens (tertiary/aromatic N) is 2. The first kappa shape index (κ1) is 63.1. The largest absolute Gasteiger partial charge is 0.480 e. The SMILES string of the molecule is CC(C)C[C@H](NC(=O)[C@H](CCC(N)=O)NC(=O)[C@@H](N)CC(C)C)C(=O)N[C@H](C(=O)N[C@@H](Cc1cnc[nH]1)C(=O)N[C@H](C(=O)N1CCC[C@H]1C(=O)N[C@@H](Cc1c[nH]c2ccccc12)C(=O)N[C@H](C(=O)O)[C@@H](C)O)C(C)C)[C@@H](C)O. The number of aliphatic carboxylic acids is 1. The third-order valence-electron chi connectivity index (χ3n) is 13.2. The molecule has 0 aliphatic carbocycles. The van der Waals surface area contributed by atoms with Gasteiger partial charge in [-0.15, -0.1) is 0 Å². The Hall–Kier alpha value is -7.45. The van der Waals surface area contributed by atoms with Gasteiger partial charge in [0.15, 0.2) is 6.04 Å². The molecular formula is C52H79N13O13. The molecule has 1 saturated heterocycles. The summed E-state index contributed by atoms with van der Waals surface area (Å²) in [5, 5.41) is 49.5. The van der Waals surface area contributed by atoms with Crippen molar-refractivity contribution in [3.05, 3.63) is 54.2 Å². The van der Waals surface area contributed by atoms with Crippen molar-refractivity contribution in [1.29, 1.82) is 0 Å².